The van der Waals surface area contributed by atoms with Crippen LogP contribution in [0.1, 0.15) is 28.8 Å². The lowest BCUT2D eigenvalue weighted by Crippen LogP contribution is -2.37. The number of benzene rings is 1. The fraction of sp³-hybridized carbons (Fsp3) is 0.333. The highest BCUT2D eigenvalue weighted by Gasteiger charge is 2.18. The predicted molar refractivity (Wildman–Crippen MR) is 72.1 cm³/mol. The average molecular weight is 259 g/mol. The van der Waals surface area contributed by atoms with E-state index in [2.05, 4.69) is 6.58 Å². The zero-order chi connectivity index (χ0) is 13.8. The van der Waals surface area contributed by atoms with Crippen molar-refractivity contribution in [3.8, 4) is 0 Å². The Morgan fingerprint density at radius 2 is 1.74 bits per heavy atom. The Bertz CT molecular complexity index is 495. The molecule has 4 heteroatoms. The van der Waals surface area contributed by atoms with Gasteiger partial charge < -0.3 is 10.0 Å². The Hall–Kier alpha value is -2.10. The molecule has 1 amide bonds. The van der Waals surface area contributed by atoms with Gasteiger partial charge in [0.05, 0.1) is 12.0 Å². The van der Waals surface area contributed by atoms with E-state index < -0.39 is 5.97 Å². The number of carbonyl (C=O) groups excluding carboxylic acids is 1. The molecule has 0 aliphatic carbocycles. The van der Waals surface area contributed by atoms with Crippen LogP contribution in [0.2, 0.25) is 0 Å². The first kappa shape index (κ1) is 13.3. The zero-order valence-electron chi connectivity index (χ0n) is 10.8. The lowest BCUT2D eigenvalue weighted by Gasteiger charge is -2.28. The number of likely N-dealkylation sites (tertiary alicyclic amines) is 1. The molecule has 4 nitrogen and oxygen atoms in total. The summed E-state index contributed by atoms with van der Waals surface area (Å²) in [7, 11) is 0. The average Bonchev–Trinajstić information content (AvgIpc) is 2.40. The molecule has 0 bridgehead atoms. The van der Waals surface area contributed by atoms with E-state index in [1.807, 2.05) is 4.90 Å². The summed E-state index contributed by atoms with van der Waals surface area (Å²) in [5.41, 5.74) is 2.29. The van der Waals surface area contributed by atoms with Gasteiger partial charge in [0.2, 0.25) is 5.91 Å². The molecule has 1 N–H and O–H groups in total. The molecule has 1 aromatic carbocycles. The monoisotopic (exact) mass is 259 g/mol. The zero-order valence-corrected chi connectivity index (χ0v) is 10.8. The summed E-state index contributed by atoms with van der Waals surface area (Å²) in [5, 5.41) is 8.80. The first-order chi connectivity index (χ1) is 9.06. The molecule has 0 radical (unpaired) electrons. The summed E-state index contributed by atoms with van der Waals surface area (Å²) in [4.78, 5) is 24.6. The molecular formula is C15H17NO3. The van der Waals surface area contributed by atoms with Gasteiger partial charge >= 0.3 is 5.97 Å². The summed E-state index contributed by atoms with van der Waals surface area (Å²) in [6.45, 7) is 5.41. The molecule has 0 aromatic heterocycles. The van der Waals surface area contributed by atoms with Gasteiger partial charge in [0.25, 0.3) is 0 Å². The molecule has 1 heterocycles. The van der Waals surface area contributed by atoms with Crippen molar-refractivity contribution >= 4 is 11.9 Å². The van der Waals surface area contributed by atoms with Gasteiger partial charge in [-0.2, -0.15) is 0 Å². The van der Waals surface area contributed by atoms with Gasteiger partial charge in [0.1, 0.15) is 0 Å². The van der Waals surface area contributed by atoms with Crippen LogP contribution < -0.4 is 0 Å². The van der Waals surface area contributed by atoms with Crippen molar-refractivity contribution in [1.29, 1.82) is 0 Å². The molecule has 0 atom stereocenters. The Labute approximate surface area is 112 Å². The summed E-state index contributed by atoms with van der Waals surface area (Å²) >= 11 is 0. The molecule has 1 aliphatic rings. The van der Waals surface area contributed by atoms with Crippen LogP contribution in [-0.2, 0) is 11.2 Å². The molecule has 0 saturated carbocycles. The summed E-state index contributed by atoms with van der Waals surface area (Å²) in [5.74, 6) is -0.858. The Morgan fingerprint density at radius 1 is 1.16 bits per heavy atom. The van der Waals surface area contributed by atoms with Crippen molar-refractivity contribution in [2.45, 2.75) is 19.3 Å². The van der Waals surface area contributed by atoms with Crippen LogP contribution in [-0.4, -0.2) is 35.0 Å². The van der Waals surface area contributed by atoms with Crippen molar-refractivity contribution in [2.24, 2.45) is 0 Å². The first-order valence-corrected chi connectivity index (χ1v) is 6.33. The maximum Gasteiger partial charge on any atom is 0.335 e. The van der Waals surface area contributed by atoms with Crippen LogP contribution in [0.25, 0.3) is 0 Å². The number of nitrogens with zero attached hydrogens (tertiary/aromatic N) is 1. The third-order valence-electron chi connectivity index (χ3n) is 3.38. The maximum atomic E-state index is 12.1. The Morgan fingerprint density at radius 3 is 2.26 bits per heavy atom. The summed E-state index contributed by atoms with van der Waals surface area (Å²) < 4.78 is 0. The number of aromatic carboxylic acids is 1. The third kappa shape index (κ3) is 3.44. The van der Waals surface area contributed by atoms with Gasteiger partial charge in [-0.1, -0.05) is 24.3 Å². The number of carboxylic acid groups (broad SMARTS) is 1. The minimum atomic E-state index is -0.951. The predicted octanol–water partition coefficient (Wildman–Crippen LogP) is 2.11. The van der Waals surface area contributed by atoms with Gasteiger partial charge in [-0.05, 0) is 30.5 Å². The number of amides is 1. The normalized spacial score (nSPS) is 15.4. The van der Waals surface area contributed by atoms with Crippen molar-refractivity contribution in [2.75, 3.05) is 13.1 Å². The van der Waals surface area contributed by atoms with Crippen LogP contribution in [0.5, 0.6) is 0 Å². The highest BCUT2D eigenvalue weighted by atomic mass is 16.4. The molecule has 1 aromatic rings. The minimum Gasteiger partial charge on any atom is -0.478 e. The van der Waals surface area contributed by atoms with E-state index >= 15 is 0 Å². The standard InChI is InChI=1S/C15H17NO3/c1-11-6-8-16(9-7-11)14(17)10-12-2-4-13(5-3-12)15(18)19/h2-5H,1,6-10H2,(H,18,19). The van der Waals surface area contributed by atoms with Crippen LogP contribution >= 0.6 is 0 Å². The van der Waals surface area contributed by atoms with E-state index in [-0.39, 0.29) is 11.5 Å². The lowest BCUT2D eigenvalue weighted by molar-refractivity contribution is -0.130. The summed E-state index contributed by atoms with van der Waals surface area (Å²) in [6.07, 6.45) is 2.08. The molecule has 0 spiro atoms. The quantitative estimate of drug-likeness (QED) is 0.846. The molecule has 1 aliphatic heterocycles. The number of hydrogen-bond donors (Lipinski definition) is 1. The minimum absolute atomic E-state index is 0.0931. The SMILES string of the molecule is C=C1CCN(C(=O)Cc2ccc(C(=O)O)cc2)CC1. The molecule has 0 unspecified atom stereocenters. The second kappa shape index (κ2) is 5.69. The smallest absolute Gasteiger partial charge is 0.335 e. The van der Waals surface area contributed by atoms with Crippen molar-refractivity contribution in [1.82, 2.24) is 4.90 Å². The Balaban J connectivity index is 1.95. The number of piperidine rings is 1. The fourth-order valence-corrected chi connectivity index (χ4v) is 2.12. The van der Waals surface area contributed by atoms with Crippen LogP contribution in [0.3, 0.4) is 0 Å². The van der Waals surface area contributed by atoms with Crippen molar-refractivity contribution in [3.05, 3.63) is 47.5 Å². The molecule has 2 rings (SSSR count). The second-order valence-electron chi connectivity index (χ2n) is 4.81. The van der Waals surface area contributed by atoms with Gasteiger partial charge in [-0.15, -0.1) is 0 Å². The largest absolute Gasteiger partial charge is 0.478 e. The molecule has 100 valence electrons. The fourth-order valence-electron chi connectivity index (χ4n) is 2.12. The van der Waals surface area contributed by atoms with E-state index in [0.29, 0.717) is 6.42 Å². The third-order valence-corrected chi connectivity index (χ3v) is 3.38. The number of carboxylic acids is 1. The summed E-state index contributed by atoms with van der Waals surface area (Å²) in [6, 6.07) is 6.46. The molecule has 19 heavy (non-hydrogen) atoms. The molecular weight excluding hydrogens is 242 g/mol. The van der Waals surface area contributed by atoms with E-state index in [0.717, 1.165) is 31.5 Å². The highest BCUT2D eigenvalue weighted by Crippen LogP contribution is 2.15. The van der Waals surface area contributed by atoms with E-state index in [1.54, 1.807) is 12.1 Å². The van der Waals surface area contributed by atoms with Gasteiger partial charge in [-0.3, -0.25) is 4.79 Å². The van der Waals surface area contributed by atoms with E-state index in [1.165, 1.54) is 17.7 Å². The van der Waals surface area contributed by atoms with Crippen LogP contribution in [0.4, 0.5) is 0 Å². The van der Waals surface area contributed by atoms with Gasteiger partial charge in [-0.25, -0.2) is 4.79 Å². The topological polar surface area (TPSA) is 57.6 Å². The van der Waals surface area contributed by atoms with Crippen LogP contribution in [0, 0.1) is 0 Å². The maximum absolute atomic E-state index is 12.1. The van der Waals surface area contributed by atoms with Crippen LogP contribution in [0.15, 0.2) is 36.4 Å². The van der Waals surface area contributed by atoms with Gasteiger partial charge in [0.15, 0.2) is 0 Å². The highest BCUT2D eigenvalue weighted by molar-refractivity contribution is 5.87. The molecule has 1 saturated heterocycles. The first-order valence-electron chi connectivity index (χ1n) is 6.33. The Kier molecular flexibility index (Phi) is 4.00. The van der Waals surface area contributed by atoms with Crippen molar-refractivity contribution in [3.63, 3.8) is 0 Å². The molecule has 1 fully saturated rings. The van der Waals surface area contributed by atoms with E-state index in [4.69, 9.17) is 5.11 Å². The number of rotatable bonds is 3. The van der Waals surface area contributed by atoms with Crippen molar-refractivity contribution < 1.29 is 14.7 Å². The lowest BCUT2D eigenvalue weighted by atomic mass is 10.0. The number of carbonyl (C=O) groups is 2. The number of hydrogen-bond acceptors (Lipinski definition) is 2. The van der Waals surface area contributed by atoms with Gasteiger partial charge in [0, 0.05) is 13.1 Å². The van der Waals surface area contributed by atoms with E-state index in [9.17, 15) is 9.59 Å². The second-order valence-corrected chi connectivity index (χ2v) is 4.81.